The van der Waals surface area contributed by atoms with E-state index >= 15 is 0 Å². The van der Waals surface area contributed by atoms with Crippen LogP contribution in [0.4, 0.5) is 0 Å². The Morgan fingerprint density at radius 3 is 2.90 bits per heavy atom. The molecule has 2 aromatic heterocycles. The molecule has 1 saturated carbocycles. The van der Waals surface area contributed by atoms with Crippen LogP contribution < -0.4 is 10.9 Å². The fourth-order valence-corrected chi connectivity index (χ4v) is 4.78. The molecular formula is C21H25N5O2S. The monoisotopic (exact) mass is 411 g/mol. The van der Waals surface area contributed by atoms with Gasteiger partial charge in [-0.2, -0.15) is 0 Å². The molecule has 8 heteroatoms. The Hall–Kier alpha value is -2.61. The van der Waals surface area contributed by atoms with E-state index < -0.39 is 0 Å². The number of hydrogen-bond donors (Lipinski definition) is 1. The molecule has 1 aromatic carbocycles. The van der Waals surface area contributed by atoms with Gasteiger partial charge in [-0.25, -0.2) is 0 Å². The number of hydrogen-bond acceptors (Lipinski definition) is 5. The molecule has 0 saturated heterocycles. The normalized spacial score (nSPS) is 19.5. The smallest absolute Gasteiger partial charge is 0.263 e. The lowest BCUT2D eigenvalue weighted by atomic mass is 9.86. The van der Waals surface area contributed by atoms with Gasteiger partial charge in [0, 0.05) is 12.6 Å². The zero-order valence-electron chi connectivity index (χ0n) is 16.5. The van der Waals surface area contributed by atoms with Crippen molar-refractivity contribution >= 4 is 34.3 Å². The second-order valence-corrected chi connectivity index (χ2v) is 8.51. The fraction of sp³-hybridized carbons (Fsp3) is 0.429. The van der Waals surface area contributed by atoms with Gasteiger partial charge in [0.2, 0.25) is 11.7 Å². The minimum atomic E-state index is -0.124. The maximum absolute atomic E-state index is 12.8. The first kappa shape index (κ1) is 19.7. The molecule has 0 bridgehead atoms. The predicted molar refractivity (Wildman–Crippen MR) is 115 cm³/mol. The van der Waals surface area contributed by atoms with Gasteiger partial charge >= 0.3 is 0 Å². The standard InChI is InChI=1S/C21H25N5O2S/c1-3-12-25-19(28)15-9-5-7-11-17(15)26-20(25)23-24-21(26)29-13-18(27)22-16-10-6-4-8-14(16)2/h3,5,7,9,11,14,16H,1,4,6,8,10,12-13H2,2H3,(H,22,27)/t14-,16+/m1/s1. The first-order chi connectivity index (χ1) is 14.1. The quantitative estimate of drug-likeness (QED) is 0.498. The van der Waals surface area contributed by atoms with E-state index in [9.17, 15) is 9.59 Å². The first-order valence-corrected chi connectivity index (χ1v) is 11.0. The topological polar surface area (TPSA) is 81.3 Å². The highest BCUT2D eigenvalue weighted by molar-refractivity contribution is 7.99. The molecule has 1 aliphatic rings. The van der Waals surface area contributed by atoms with E-state index in [0.717, 1.165) is 11.9 Å². The number of thioether (sulfide) groups is 1. The number of fused-ring (bicyclic) bond motifs is 3. The summed E-state index contributed by atoms with van der Waals surface area (Å²) in [6.07, 6.45) is 6.29. The van der Waals surface area contributed by atoms with Crippen LogP contribution in [0, 0.1) is 5.92 Å². The predicted octanol–water partition coefficient (Wildman–Crippen LogP) is 3.02. The number of nitrogens with one attached hydrogen (secondary N) is 1. The number of amides is 1. The highest BCUT2D eigenvalue weighted by Crippen LogP contribution is 2.25. The third-order valence-corrected chi connectivity index (χ3v) is 6.51. The third kappa shape index (κ3) is 3.81. The van der Waals surface area contributed by atoms with Gasteiger partial charge in [-0.05, 0) is 30.9 Å². The number of benzene rings is 1. The minimum absolute atomic E-state index is 0.00854. The Kier molecular flexibility index (Phi) is 5.71. The van der Waals surface area contributed by atoms with Crippen molar-refractivity contribution in [1.82, 2.24) is 24.5 Å². The van der Waals surface area contributed by atoms with Gasteiger partial charge in [-0.1, -0.05) is 49.7 Å². The molecule has 2 atom stereocenters. The van der Waals surface area contributed by atoms with Crippen LogP contribution in [-0.2, 0) is 11.3 Å². The van der Waals surface area contributed by atoms with Crippen molar-refractivity contribution in [2.45, 2.75) is 50.4 Å². The van der Waals surface area contributed by atoms with Crippen molar-refractivity contribution in [3.05, 3.63) is 47.3 Å². The Morgan fingerprint density at radius 1 is 1.31 bits per heavy atom. The lowest BCUT2D eigenvalue weighted by Gasteiger charge is -2.29. The van der Waals surface area contributed by atoms with Crippen molar-refractivity contribution in [3.8, 4) is 0 Å². The number of nitrogens with zero attached hydrogens (tertiary/aromatic N) is 4. The molecule has 0 unspecified atom stereocenters. The lowest BCUT2D eigenvalue weighted by molar-refractivity contribution is -0.119. The first-order valence-electron chi connectivity index (χ1n) is 10.00. The number of carbonyl (C=O) groups excluding carboxylic acids is 1. The second kappa shape index (κ2) is 8.41. The lowest BCUT2D eigenvalue weighted by Crippen LogP contribution is -2.41. The summed E-state index contributed by atoms with van der Waals surface area (Å²) < 4.78 is 3.40. The average Bonchev–Trinajstić information content (AvgIpc) is 3.15. The van der Waals surface area contributed by atoms with Crippen molar-refractivity contribution in [3.63, 3.8) is 0 Å². The van der Waals surface area contributed by atoms with Gasteiger partial charge in [-0.3, -0.25) is 18.6 Å². The van der Waals surface area contributed by atoms with Gasteiger partial charge in [0.15, 0.2) is 5.16 Å². The van der Waals surface area contributed by atoms with E-state index in [-0.39, 0.29) is 23.3 Å². The number of carbonyl (C=O) groups is 1. The van der Waals surface area contributed by atoms with E-state index in [4.69, 9.17) is 0 Å². The Bertz CT molecular complexity index is 1120. The molecule has 29 heavy (non-hydrogen) atoms. The summed E-state index contributed by atoms with van der Waals surface area (Å²) in [6.45, 7) is 6.28. The summed E-state index contributed by atoms with van der Waals surface area (Å²) in [4.78, 5) is 25.3. The van der Waals surface area contributed by atoms with Gasteiger partial charge in [0.25, 0.3) is 5.56 Å². The fourth-order valence-electron chi connectivity index (χ4n) is 4.03. The molecule has 0 aliphatic heterocycles. The number of rotatable bonds is 6. The van der Waals surface area contributed by atoms with Crippen molar-refractivity contribution < 1.29 is 4.79 Å². The molecule has 4 rings (SSSR count). The molecule has 3 aromatic rings. The Labute approximate surface area is 173 Å². The van der Waals surface area contributed by atoms with Crippen LogP contribution >= 0.6 is 11.8 Å². The van der Waals surface area contributed by atoms with Gasteiger partial charge in [-0.15, -0.1) is 16.8 Å². The van der Waals surface area contributed by atoms with Gasteiger partial charge < -0.3 is 5.32 Å². The summed E-state index contributed by atoms with van der Waals surface area (Å²) in [6, 6.07) is 7.64. The van der Waals surface area contributed by atoms with Crippen LogP contribution in [-0.4, -0.2) is 36.9 Å². The van der Waals surface area contributed by atoms with Crippen LogP contribution in [0.2, 0.25) is 0 Å². The molecule has 0 radical (unpaired) electrons. The molecule has 1 aliphatic carbocycles. The summed E-state index contributed by atoms with van der Waals surface area (Å²) in [5.41, 5.74) is 0.614. The van der Waals surface area contributed by atoms with E-state index in [1.54, 1.807) is 16.7 Å². The largest absolute Gasteiger partial charge is 0.352 e. The molecular weight excluding hydrogens is 386 g/mol. The highest BCUT2D eigenvalue weighted by atomic mass is 32.2. The maximum atomic E-state index is 12.8. The van der Waals surface area contributed by atoms with E-state index in [1.807, 2.05) is 22.6 Å². The summed E-state index contributed by atoms with van der Waals surface area (Å²) >= 11 is 1.34. The maximum Gasteiger partial charge on any atom is 0.263 e. The van der Waals surface area contributed by atoms with Crippen LogP contribution in [0.5, 0.6) is 0 Å². The van der Waals surface area contributed by atoms with Crippen LogP contribution in [0.3, 0.4) is 0 Å². The van der Waals surface area contributed by atoms with Crippen molar-refractivity contribution in [2.75, 3.05) is 5.75 Å². The zero-order chi connectivity index (χ0) is 20.4. The van der Waals surface area contributed by atoms with Crippen LogP contribution in [0.1, 0.15) is 32.6 Å². The number of allylic oxidation sites excluding steroid dienone is 1. The summed E-state index contributed by atoms with van der Waals surface area (Å²) in [5, 5.41) is 12.9. The van der Waals surface area contributed by atoms with E-state index in [2.05, 4.69) is 29.0 Å². The number of para-hydroxylation sites is 1. The second-order valence-electron chi connectivity index (χ2n) is 7.56. The molecule has 1 amide bonds. The molecule has 152 valence electrons. The van der Waals surface area contributed by atoms with Crippen LogP contribution in [0.15, 0.2) is 46.9 Å². The van der Waals surface area contributed by atoms with Crippen molar-refractivity contribution in [2.24, 2.45) is 5.92 Å². The Morgan fingerprint density at radius 2 is 2.10 bits per heavy atom. The van der Waals surface area contributed by atoms with Crippen LogP contribution in [0.25, 0.3) is 16.7 Å². The SMILES string of the molecule is C=CCn1c(=O)c2ccccc2n2c(SCC(=O)N[C@H]3CCCC[C@H]3C)nnc12. The zero-order valence-corrected chi connectivity index (χ0v) is 17.3. The Balaban J connectivity index is 1.62. The average molecular weight is 412 g/mol. The summed E-state index contributed by atoms with van der Waals surface area (Å²) in [7, 11) is 0. The molecule has 0 spiro atoms. The van der Waals surface area contributed by atoms with E-state index in [1.165, 1.54) is 31.0 Å². The van der Waals surface area contributed by atoms with Gasteiger partial charge in [0.1, 0.15) is 0 Å². The number of aromatic nitrogens is 4. The van der Waals surface area contributed by atoms with E-state index in [0.29, 0.717) is 28.8 Å². The van der Waals surface area contributed by atoms with Crippen molar-refractivity contribution in [1.29, 1.82) is 0 Å². The minimum Gasteiger partial charge on any atom is -0.352 e. The summed E-state index contributed by atoms with van der Waals surface area (Å²) in [5.74, 6) is 1.24. The molecule has 1 N–H and O–H groups in total. The third-order valence-electron chi connectivity index (χ3n) is 5.58. The highest BCUT2D eigenvalue weighted by Gasteiger charge is 2.23. The molecule has 7 nitrogen and oxygen atoms in total. The van der Waals surface area contributed by atoms with Gasteiger partial charge in [0.05, 0.1) is 16.7 Å². The molecule has 1 fully saturated rings. The molecule has 2 heterocycles.